The van der Waals surface area contributed by atoms with E-state index in [0.29, 0.717) is 28.6 Å². The number of hydrogen-bond acceptors (Lipinski definition) is 6. The topological polar surface area (TPSA) is 88.3 Å². The first kappa shape index (κ1) is 22.9. The van der Waals surface area contributed by atoms with Gasteiger partial charge >= 0.3 is 5.97 Å². The van der Waals surface area contributed by atoms with Crippen molar-refractivity contribution in [3.8, 4) is 16.9 Å². The van der Waals surface area contributed by atoms with Crippen molar-refractivity contribution in [1.29, 1.82) is 0 Å². The van der Waals surface area contributed by atoms with E-state index in [9.17, 15) is 9.59 Å². The number of carboxylic acids is 1. The van der Waals surface area contributed by atoms with Gasteiger partial charge in [0.25, 0.3) is 5.91 Å². The summed E-state index contributed by atoms with van der Waals surface area (Å²) in [5, 5.41) is 13.5. The molecule has 1 saturated heterocycles. The van der Waals surface area contributed by atoms with Gasteiger partial charge in [-0.25, -0.2) is 4.68 Å². The highest BCUT2D eigenvalue weighted by atomic mass is 32.2. The lowest BCUT2D eigenvalue weighted by atomic mass is 10.1. The fourth-order valence-electron chi connectivity index (χ4n) is 3.49. The number of hydrogen-bond donors (Lipinski definition) is 1. The summed E-state index contributed by atoms with van der Waals surface area (Å²) in [7, 11) is 0. The molecule has 0 spiro atoms. The Balaban J connectivity index is 1.57. The molecule has 1 aromatic carbocycles. The third-order valence-electron chi connectivity index (χ3n) is 5.13. The molecule has 0 unspecified atom stereocenters. The van der Waals surface area contributed by atoms with Gasteiger partial charge in [0.2, 0.25) is 0 Å². The van der Waals surface area contributed by atoms with Crippen LogP contribution in [0.5, 0.6) is 0 Å². The van der Waals surface area contributed by atoms with Crippen LogP contribution >= 0.6 is 24.0 Å². The fourth-order valence-corrected chi connectivity index (χ4v) is 4.79. The highest BCUT2D eigenvalue weighted by Gasteiger charge is 2.32. The zero-order chi connectivity index (χ0) is 23.2. The zero-order valence-corrected chi connectivity index (χ0v) is 19.4. The van der Waals surface area contributed by atoms with Gasteiger partial charge in [-0.05, 0) is 43.2 Å². The standard InChI is InChI=1S/C24H22N4O3S2/c29-21(30)11-5-2-6-13-27-23(31)20(33-24(27)32)14-18-16-28(19-9-3-1-4-10-19)26-22(18)17-8-7-12-25-15-17/h1,3-4,7-10,12,14-16H,2,5-6,11,13H2,(H,29,30)/b20-14+. The molecule has 1 amide bonds. The van der Waals surface area contributed by atoms with Crippen LogP contribution in [0.2, 0.25) is 0 Å². The third-order valence-corrected chi connectivity index (χ3v) is 6.51. The van der Waals surface area contributed by atoms with Crippen molar-refractivity contribution < 1.29 is 14.7 Å². The molecule has 1 fully saturated rings. The van der Waals surface area contributed by atoms with Gasteiger partial charge < -0.3 is 5.11 Å². The summed E-state index contributed by atoms with van der Waals surface area (Å²) in [6.07, 6.45) is 9.36. The molecule has 2 aromatic heterocycles. The van der Waals surface area contributed by atoms with Gasteiger partial charge in [0, 0.05) is 42.7 Å². The molecule has 0 radical (unpaired) electrons. The summed E-state index contributed by atoms with van der Waals surface area (Å²) in [5.41, 5.74) is 3.29. The van der Waals surface area contributed by atoms with Crippen LogP contribution in [0, 0.1) is 0 Å². The van der Waals surface area contributed by atoms with Crippen LogP contribution in [0.1, 0.15) is 31.2 Å². The van der Waals surface area contributed by atoms with Gasteiger partial charge in [-0.3, -0.25) is 19.5 Å². The number of carbonyl (C=O) groups is 2. The fraction of sp³-hybridized carbons (Fsp3) is 0.208. The van der Waals surface area contributed by atoms with Crippen LogP contribution in [0.15, 0.2) is 66.0 Å². The second kappa shape index (κ2) is 10.5. The molecule has 0 atom stereocenters. The Labute approximate surface area is 201 Å². The molecule has 4 rings (SSSR count). The Morgan fingerprint density at radius 2 is 1.94 bits per heavy atom. The van der Waals surface area contributed by atoms with Crippen LogP contribution in [-0.2, 0) is 9.59 Å². The Hall–Kier alpha value is -3.30. The number of amides is 1. The predicted molar refractivity (Wildman–Crippen MR) is 133 cm³/mol. The molecule has 7 nitrogen and oxygen atoms in total. The molecule has 3 heterocycles. The van der Waals surface area contributed by atoms with Crippen molar-refractivity contribution in [3.63, 3.8) is 0 Å². The summed E-state index contributed by atoms with van der Waals surface area (Å²) >= 11 is 6.72. The van der Waals surface area contributed by atoms with E-state index in [0.717, 1.165) is 28.9 Å². The number of rotatable bonds is 9. The molecule has 1 aliphatic rings. The van der Waals surface area contributed by atoms with Crippen LogP contribution in [0.3, 0.4) is 0 Å². The number of aromatic nitrogens is 3. The van der Waals surface area contributed by atoms with Gasteiger partial charge in [-0.15, -0.1) is 0 Å². The molecule has 33 heavy (non-hydrogen) atoms. The maximum absolute atomic E-state index is 13.0. The molecule has 1 aliphatic heterocycles. The van der Waals surface area contributed by atoms with E-state index in [1.807, 2.05) is 54.7 Å². The highest BCUT2D eigenvalue weighted by molar-refractivity contribution is 8.26. The minimum Gasteiger partial charge on any atom is -0.481 e. The lowest BCUT2D eigenvalue weighted by molar-refractivity contribution is -0.137. The lowest BCUT2D eigenvalue weighted by Crippen LogP contribution is -2.29. The zero-order valence-electron chi connectivity index (χ0n) is 17.8. The molecule has 168 valence electrons. The van der Waals surface area contributed by atoms with E-state index in [1.165, 1.54) is 11.8 Å². The van der Waals surface area contributed by atoms with Gasteiger partial charge in [-0.1, -0.05) is 48.6 Å². The highest BCUT2D eigenvalue weighted by Crippen LogP contribution is 2.35. The van der Waals surface area contributed by atoms with Crippen LogP contribution < -0.4 is 0 Å². The summed E-state index contributed by atoms with van der Waals surface area (Å²) in [6, 6.07) is 13.6. The van der Waals surface area contributed by atoms with E-state index < -0.39 is 5.97 Å². The number of aliphatic carboxylic acids is 1. The summed E-state index contributed by atoms with van der Waals surface area (Å²) in [6.45, 7) is 0.486. The average Bonchev–Trinajstić information content (AvgIpc) is 3.36. The normalized spacial score (nSPS) is 14.9. The molecule has 1 N–H and O–H groups in total. The number of thioether (sulfide) groups is 1. The smallest absolute Gasteiger partial charge is 0.303 e. The van der Waals surface area contributed by atoms with Gasteiger partial charge in [-0.2, -0.15) is 5.10 Å². The number of para-hydroxylation sites is 1. The number of benzene rings is 1. The predicted octanol–water partition coefficient (Wildman–Crippen LogP) is 4.78. The van der Waals surface area contributed by atoms with E-state index in [1.54, 1.807) is 22.0 Å². The molecule has 0 saturated carbocycles. The van der Waals surface area contributed by atoms with Crippen molar-refractivity contribution in [2.45, 2.75) is 25.7 Å². The van der Waals surface area contributed by atoms with E-state index in [2.05, 4.69) is 4.98 Å². The molecule has 0 aliphatic carbocycles. The first-order chi connectivity index (χ1) is 16.0. The van der Waals surface area contributed by atoms with Gasteiger partial charge in [0.15, 0.2) is 0 Å². The number of carbonyl (C=O) groups excluding carboxylic acids is 1. The van der Waals surface area contributed by atoms with Gasteiger partial charge in [0.1, 0.15) is 10.0 Å². The number of nitrogens with zero attached hydrogens (tertiary/aromatic N) is 4. The second-order valence-electron chi connectivity index (χ2n) is 7.49. The number of thiocarbonyl (C=S) groups is 1. The number of unbranched alkanes of at least 4 members (excludes halogenated alkanes) is 2. The monoisotopic (exact) mass is 478 g/mol. The van der Waals surface area contributed by atoms with Crippen molar-refractivity contribution in [2.24, 2.45) is 0 Å². The molecule has 3 aromatic rings. The average molecular weight is 479 g/mol. The van der Waals surface area contributed by atoms with Crippen molar-refractivity contribution >= 4 is 46.3 Å². The summed E-state index contributed by atoms with van der Waals surface area (Å²) < 4.78 is 2.31. The van der Waals surface area contributed by atoms with E-state index >= 15 is 0 Å². The second-order valence-corrected chi connectivity index (χ2v) is 9.17. The van der Waals surface area contributed by atoms with Crippen LogP contribution in [0.4, 0.5) is 0 Å². The van der Waals surface area contributed by atoms with Crippen LogP contribution in [-0.4, -0.2) is 47.5 Å². The lowest BCUT2D eigenvalue weighted by Gasteiger charge is -2.13. The first-order valence-corrected chi connectivity index (χ1v) is 11.8. The van der Waals surface area contributed by atoms with Crippen LogP contribution in [0.25, 0.3) is 23.0 Å². The number of carboxylic acid groups (broad SMARTS) is 1. The van der Waals surface area contributed by atoms with Gasteiger partial charge in [0.05, 0.1) is 10.6 Å². The van der Waals surface area contributed by atoms with E-state index in [4.69, 9.17) is 22.4 Å². The number of pyridine rings is 1. The Morgan fingerprint density at radius 1 is 1.12 bits per heavy atom. The Kier molecular flexibility index (Phi) is 7.31. The maximum Gasteiger partial charge on any atom is 0.303 e. The largest absolute Gasteiger partial charge is 0.481 e. The first-order valence-electron chi connectivity index (χ1n) is 10.6. The molecule has 9 heteroatoms. The van der Waals surface area contributed by atoms with Crippen molar-refractivity contribution in [1.82, 2.24) is 19.7 Å². The minimum absolute atomic E-state index is 0.132. The van der Waals surface area contributed by atoms with E-state index in [-0.39, 0.29) is 12.3 Å². The molecule has 0 bridgehead atoms. The Bertz CT molecular complexity index is 1190. The third kappa shape index (κ3) is 5.55. The summed E-state index contributed by atoms with van der Waals surface area (Å²) in [5.74, 6) is -0.933. The Morgan fingerprint density at radius 3 is 2.67 bits per heavy atom. The maximum atomic E-state index is 13.0. The SMILES string of the molecule is O=C(O)CCCCCN1C(=O)/C(=C\c2cn(-c3ccccc3)nc2-c2cccnc2)SC1=S. The minimum atomic E-state index is -0.802. The van der Waals surface area contributed by atoms with Crippen molar-refractivity contribution in [3.05, 3.63) is 71.5 Å². The molecular weight excluding hydrogens is 456 g/mol. The summed E-state index contributed by atoms with van der Waals surface area (Å²) in [4.78, 5) is 30.0. The van der Waals surface area contributed by atoms with Crippen molar-refractivity contribution in [2.75, 3.05) is 6.54 Å². The quantitative estimate of drug-likeness (QED) is 0.269. The molecular formula is C24H22N4O3S2.